The van der Waals surface area contributed by atoms with E-state index in [4.69, 9.17) is 5.73 Å². The second-order valence-electron chi connectivity index (χ2n) is 7.64. The molecule has 0 radical (unpaired) electrons. The molecule has 0 unspecified atom stereocenters. The molecular formula is C24H27N5O2. The van der Waals surface area contributed by atoms with Crippen molar-refractivity contribution >= 4 is 29.1 Å². The van der Waals surface area contributed by atoms with Crippen LogP contribution < -0.4 is 21.3 Å². The lowest BCUT2D eigenvalue weighted by molar-refractivity contribution is 0.0943. The first-order valence-corrected chi connectivity index (χ1v) is 10.0. The molecule has 7 nitrogen and oxygen atoms in total. The molecule has 0 spiro atoms. The summed E-state index contributed by atoms with van der Waals surface area (Å²) in [7, 11) is 1.72. The number of nitrogens with one attached hydrogen (secondary N) is 2. The fourth-order valence-electron chi connectivity index (χ4n) is 3.19. The van der Waals surface area contributed by atoms with Crippen molar-refractivity contribution in [3.8, 4) is 11.1 Å². The number of hydrogen-bond donors (Lipinski definition) is 3. The summed E-state index contributed by atoms with van der Waals surface area (Å²) in [6, 6.07) is 16.5. The van der Waals surface area contributed by atoms with E-state index in [-0.39, 0.29) is 23.8 Å². The Bertz CT molecular complexity index is 1100. The number of benzene rings is 2. The number of rotatable bonds is 5. The topological polar surface area (TPSA) is 100 Å². The highest BCUT2D eigenvalue weighted by atomic mass is 16.2. The predicted octanol–water partition coefficient (Wildman–Crippen LogP) is 4.45. The Labute approximate surface area is 182 Å². The predicted molar refractivity (Wildman–Crippen MR) is 125 cm³/mol. The molecule has 2 aromatic carbocycles. The number of nitrogen functional groups attached to an aromatic ring is 1. The number of nitrogens with two attached hydrogens (primary N) is 1. The van der Waals surface area contributed by atoms with Gasteiger partial charge in [-0.1, -0.05) is 24.3 Å². The van der Waals surface area contributed by atoms with Gasteiger partial charge in [-0.05, 0) is 62.2 Å². The molecule has 0 atom stereocenters. The summed E-state index contributed by atoms with van der Waals surface area (Å²) in [5.41, 5.74) is 10.3. The molecule has 0 saturated heterocycles. The van der Waals surface area contributed by atoms with Crippen molar-refractivity contribution in [1.29, 1.82) is 0 Å². The molecule has 160 valence electrons. The molecule has 0 aliphatic rings. The van der Waals surface area contributed by atoms with Crippen LogP contribution in [0.15, 0.2) is 60.8 Å². The molecule has 0 aliphatic carbocycles. The van der Waals surface area contributed by atoms with E-state index < -0.39 is 0 Å². The minimum Gasteiger partial charge on any atom is -0.383 e. The van der Waals surface area contributed by atoms with Crippen LogP contribution in [0.4, 0.5) is 22.0 Å². The van der Waals surface area contributed by atoms with Crippen molar-refractivity contribution in [1.82, 2.24) is 10.3 Å². The SMILES string of the molecule is Cc1cc(NC(=O)N(C)c2ccccc2)ccc1-c1cnc(N)c(C(=O)NC(C)C)c1. The first-order chi connectivity index (χ1) is 14.8. The molecule has 31 heavy (non-hydrogen) atoms. The summed E-state index contributed by atoms with van der Waals surface area (Å²) in [5.74, 6) is -0.0697. The van der Waals surface area contributed by atoms with Crippen molar-refractivity contribution in [2.45, 2.75) is 26.8 Å². The van der Waals surface area contributed by atoms with Gasteiger partial charge in [0, 0.05) is 36.2 Å². The number of para-hydroxylation sites is 1. The third-order valence-electron chi connectivity index (χ3n) is 4.82. The number of amides is 3. The number of pyridine rings is 1. The molecule has 0 bridgehead atoms. The monoisotopic (exact) mass is 417 g/mol. The van der Waals surface area contributed by atoms with Crippen LogP contribution in [0.2, 0.25) is 0 Å². The quantitative estimate of drug-likeness (QED) is 0.571. The van der Waals surface area contributed by atoms with E-state index in [9.17, 15) is 9.59 Å². The highest BCUT2D eigenvalue weighted by Crippen LogP contribution is 2.28. The number of urea groups is 1. The summed E-state index contributed by atoms with van der Waals surface area (Å²) in [4.78, 5) is 30.7. The standard InChI is InChI=1S/C24H27N5O2/c1-15(2)27-23(30)21-13-17(14-26-22(21)25)20-11-10-18(12-16(20)3)28-24(31)29(4)19-8-6-5-7-9-19/h5-15H,1-4H3,(H2,25,26)(H,27,30)(H,28,31). The summed E-state index contributed by atoms with van der Waals surface area (Å²) in [6.45, 7) is 5.71. The van der Waals surface area contributed by atoms with Crippen LogP contribution in [0.5, 0.6) is 0 Å². The Hall–Kier alpha value is -3.87. The molecule has 0 saturated carbocycles. The molecule has 4 N–H and O–H groups in total. The minimum atomic E-state index is -0.257. The second kappa shape index (κ2) is 9.30. The highest BCUT2D eigenvalue weighted by molar-refractivity contribution is 6.02. The molecule has 3 aromatic rings. The maximum absolute atomic E-state index is 12.6. The van der Waals surface area contributed by atoms with Crippen molar-refractivity contribution in [3.63, 3.8) is 0 Å². The Balaban J connectivity index is 1.81. The van der Waals surface area contributed by atoms with Crippen molar-refractivity contribution in [2.24, 2.45) is 0 Å². The first-order valence-electron chi connectivity index (χ1n) is 10.0. The second-order valence-corrected chi connectivity index (χ2v) is 7.64. The fraction of sp³-hybridized carbons (Fsp3) is 0.208. The zero-order chi connectivity index (χ0) is 22.5. The van der Waals surface area contributed by atoms with E-state index in [1.54, 1.807) is 24.2 Å². The lowest BCUT2D eigenvalue weighted by atomic mass is 9.99. The number of aryl methyl sites for hydroxylation is 1. The van der Waals surface area contributed by atoms with Gasteiger partial charge in [0.1, 0.15) is 5.82 Å². The molecular weight excluding hydrogens is 390 g/mol. The van der Waals surface area contributed by atoms with Crippen molar-refractivity contribution < 1.29 is 9.59 Å². The summed E-state index contributed by atoms with van der Waals surface area (Å²) >= 11 is 0. The van der Waals surface area contributed by atoms with E-state index in [1.165, 1.54) is 0 Å². The van der Waals surface area contributed by atoms with Crippen LogP contribution in [0, 0.1) is 6.92 Å². The lowest BCUT2D eigenvalue weighted by Crippen LogP contribution is -2.31. The highest BCUT2D eigenvalue weighted by Gasteiger charge is 2.15. The van der Waals surface area contributed by atoms with Crippen LogP contribution in [0.3, 0.4) is 0 Å². The van der Waals surface area contributed by atoms with Crippen LogP contribution >= 0.6 is 0 Å². The molecule has 1 aromatic heterocycles. The number of aromatic nitrogens is 1. The van der Waals surface area contributed by atoms with E-state index in [0.717, 1.165) is 22.4 Å². The average molecular weight is 418 g/mol. The van der Waals surface area contributed by atoms with Gasteiger partial charge in [0.2, 0.25) is 0 Å². The third-order valence-corrected chi connectivity index (χ3v) is 4.82. The molecule has 0 aliphatic heterocycles. The third kappa shape index (κ3) is 5.19. The normalized spacial score (nSPS) is 10.6. The van der Waals surface area contributed by atoms with Crippen molar-refractivity contribution in [2.75, 3.05) is 23.0 Å². The largest absolute Gasteiger partial charge is 0.383 e. The zero-order valence-corrected chi connectivity index (χ0v) is 18.1. The number of carbonyl (C=O) groups is 2. The van der Waals surface area contributed by atoms with Gasteiger partial charge in [-0.25, -0.2) is 9.78 Å². The molecule has 0 fully saturated rings. The summed E-state index contributed by atoms with van der Waals surface area (Å²) in [6.07, 6.45) is 1.64. The van der Waals surface area contributed by atoms with Gasteiger partial charge in [-0.2, -0.15) is 0 Å². The van der Waals surface area contributed by atoms with Gasteiger partial charge in [-0.3, -0.25) is 9.69 Å². The van der Waals surface area contributed by atoms with Crippen molar-refractivity contribution in [3.05, 3.63) is 71.9 Å². The van der Waals surface area contributed by atoms with Crippen LogP contribution in [-0.4, -0.2) is 30.0 Å². The maximum Gasteiger partial charge on any atom is 0.326 e. The van der Waals surface area contributed by atoms with Crippen LogP contribution in [-0.2, 0) is 0 Å². The average Bonchev–Trinajstić information content (AvgIpc) is 2.74. The minimum absolute atomic E-state index is 0.00537. The first kappa shape index (κ1) is 21.8. The Morgan fingerprint density at radius 1 is 1.06 bits per heavy atom. The van der Waals surface area contributed by atoms with Crippen LogP contribution in [0.1, 0.15) is 29.8 Å². The molecule has 1 heterocycles. The Kier molecular flexibility index (Phi) is 6.55. The summed E-state index contributed by atoms with van der Waals surface area (Å²) < 4.78 is 0. The zero-order valence-electron chi connectivity index (χ0n) is 18.1. The maximum atomic E-state index is 12.6. The van der Waals surface area contributed by atoms with Gasteiger partial charge >= 0.3 is 6.03 Å². The molecule has 7 heteroatoms. The van der Waals surface area contributed by atoms with E-state index in [1.807, 2.05) is 69.3 Å². The lowest BCUT2D eigenvalue weighted by Gasteiger charge is -2.18. The van der Waals surface area contributed by atoms with Gasteiger partial charge in [-0.15, -0.1) is 0 Å². The Morgan fingerprint density at radius 2 is 1.77 bits per heavy atom. The molecule has 3 rings (SSSR count). The number of nitrogens with zero attached hydrogens (tertiary/aromatic N) is 2. The van der Waals surface area contributed by atoms with E-state index in [2.05, 4.69) is 15.6 Å². The smallest absolute Gasteiger partial charge is 0.326 e. The summed E-state index contributed by atoms with van der Waals surface area (Å²) in [5, 5.41) is 5.74. The number of carbonyl (C=O) groups excluding carboxylic acids is 2. The number of anilines is 3. The van der Waals surface area contributed by atoms with E-state index in [0.29, 0.717) is 11.3 Å². The van der Waals surface area contributed by atoms with Gasteiger partial charge in [0.25, 0.3) is 5.91 Å². The molecule has 3 amide bonds. The van der Waals surface area contributed by atoms with E-state index >= 15 is 0 Å². The fourth-order valence-corrected chi connectivity index (χ4v) is 3.19. The number of hydrogen-bond acceptors (Lipinski definition) is 4. The van der Waals surface area contributed by atoms with Gasteiger partial charge in [0.15, 0.2) is 0 Å². The Morgan fingerprint density at radius 3 is 2.42 bits per heavy atom. The van der Waals surface area contributed by atoms with Gasteiger partial charge < -0.3 is 16.4 Å². The van der Waals surface area contributed by atoms with Gasteiger partial charge in [0.05, 0.1) is 5.56 Å². The van der Waals surface area contributed by atoms with Crippen LogP contribution in [0.25, 0.3) is 11.1 Å².